The Balaban J connectivity index is 1.13. The molecule has 61 heavy (non-hydrogen) atoms. The van der Waals surface area contributed by atoms with Crippen molar-refractivity contribution in [2.24, 2.45) is 0 Å². The first-order chi connectivity index (χ1) is 30.3. The quantitative estimate of drug-likeness (QED) is 0.147. The molecule has 2 nitrogen and oxygen atoms in total. The summed E-state index contributed by atoms with van der Waals surface area (Å²) in [5.41, 5.74) is 16.6. The van der Waals surface area contributed by atoms with Gasteiger partial charge in [0.15, 0.2) is 0 Å². The largest absolute Gasteiger partial charge is 0.296 e. The van der Waals surface area contributed by atoms with Crippen molar-refractivity contribution < 1.29 is 0 Å². The second-order valence-corrected chi connectivity index (χ2v) is 15.7. The van der Waals surface area contributed by atoms with E-state index in [1.165, 1.54) is 77.3 Å². The van der Waals surface area contributed by atoms with Gasteiger partial charge in [-0.2, -0.15) is 0 Å². The van der Waals surface area contributed by atoms with Crippen LogP contribution in [0.3, 0.4) is 0 Å². The highest BCUT2D eigenvalue weighted by Gasteiger charge is 2.22. The lowest BCUT2D eigenvalue weighted by molar-refractivity contribution is 0.885. The Kier molecular flexibility index (Phi) is 9.37. The van der Waals surface area contributed by atoms with E-state index in [0.717, 1.165) is 41.2 Å². The maximum absolute atomic E-state index is 5.26. The first-order valence-corrected chi connectivity index (χ1v) is 21.2. The molecular weight excluding hydrogens is 737 g/mol. The van der Waals surface area contributed by atoms with Crippen LogP contribution in [-0.4, -0.2) is 9.55 Å². The summed E-state index contributed by atoms with van der Waals surface area (Å²) in [5.74, 6) is 0.959. The number of hydrogen-bond donors (Lipinski definition) is 0. The molecule has 11 rings (SSSR count). The normalized spacial score (nSPS) is 13.4. The van der Waals surface area contributed by atoms with Gasteiger partial charge in [-0.3, -0.25) is 4.57 Å². The Labute approximate surface area is 357 Å². The molecule has 0 saturated heterocycles. The van der Waals surface area contributed by atoms with Gasteiger partial charge in [0, 0.05) is 11.3 Å². The van der Waals surface area contributed by atoms with Crippen molar-refractivity contribution in [1.29, 1.82) is 0 Å². The van der Waals surface area contributed by atoms with E-state index in [4.69, 9.17) is 4.98 Å². The minimum atomic E-state index is 0.926. The summed E-state index contributed by atoms with van der Waals surface area (Å²) >= 11 is 0. The molecule has 1 aliphatic rings. The molecule has 1 heterocycles. The highest BCUT2D eigenvalue weighted by Crippen LogP contribution is 2.48. The van der Waals surface area contributed by atoms with E-state index in [2.05, 4.69) is 235 Å². The zero-order valence-corrected chi connectivity index (χ0v) is 33.7. The van der Waals surface area contributed by atoms with Crippen LogP contribution in [0.15, 0.2) is 224 Å². The van der Waals surface area contributed by atoms with Crippen LogP contribution in [0.4, 0.5) is 0 Å². The first-order valence-electron chi connectivity index (χ1n) is 21.2. The van der Waals surface area contributed by atoms with Crippen molar-refractivity contribution in [1.82, 2.24) is 9.55 Å². The molecule has 1 aromatic heterocycles. The molecule has 0 N–H and O–H groups in total. The molecular formula is C59H42N2. The van der Waals surface area contributed by atoms with Crippen LogP contribution in [0, 0.1) is 0 Å². The van der Waals surface area contributed by atoms with E-state index in [0.29, 0.717) is 0 Å². The third-order valence-corrected chi connectivity index (χ3v) is 12.1. The van der Waals surface area contributed by atoms with E-state index >= 15 is 0 Å². The third kappa shape index (κ3) is 6.59. The number of aromatic nitrogens is 2. The lowest BCUT2D eigenvalue weighted by Crippen LogP contribution is -2.03. The molecule has 10 aromatic rings. The number of imidazole rings is 1. The van der Waals surface area contributed by atoms with Gasteiger partial charge in [0.1, 0.15) is 5.82 Å². The Bertz CT molecular complexity index is 3260. The Hall–Kier alpha value is -7.81. The monoisotopic (exact) mass is 778 g/mol. The Morgan fingerprint density at radius 3 is 1.49 bits per heavy atom. The Morgan fingerprint density at radius 2 is 0.869 bits per heavy atom. The highest BCUT2D eigenvalue weighted by atomic mass is 15.1. The molecule has 0 atom stereocenters. The van der Waals surface area contributed by atoms with Crippen LogP contribution in [0.25, 0.3) is 100 Å². The third-order valence-electron chi connectivity index (χ3n) is 12.1. The number of fused-ring (bicyclic) bond motifs is 3. The molecule has 1 aliphatic carbocycles. The first kappa shape index (κ1) is 36.3. The molecule has 0 fully saturated rings. The zero-order chi connectivity index (χ0) is 40.5. The average molecular weight is 779 g/mol. The lowest BCUT2D eigenvalue weighted by Gasteiger charge is -2.22. The van der Waals surface area contributed by atoms with Crippen molar-refractivity contribution in [2.75, 3.05) is 0 Å². The molecule has 0 bridgehead atoms. The maximum atomic E-state index is 5.26. The van der Waals surface area contributed by atoms with Gasteiger partial charge < -0.3 is 0 Å². The van der Waals surface area contributed by atoms with Gasteiger partial charge in [-0.25, -0.2) is 4.98 Å². The second kappa shape index (κ2) is 15.7. The molecule has 9 aromatic carbocycles. The summed E-state index contributed by atoms with van der Waals surface area (Å²) in [7, 11) is 0. The molecule has 0 radical (unpaired) electrons. The van der Waals surface area contributed by atoms with Gasteiger partial charge in [-0.1, -0.05) is 206 Å². The summed E-state index contributed by atoms with van der Waals surface area (Å²) in [6.45, 7) is 0. The van der Waals surface area contributed by atoms with E-state index in [1.54, 1.807) is 0 Å². The number of benzene rings is 9. The SMILES string of the molecule is C1=C\CCc2c(nc(-c3ccc(-c4ccc5c(-c6ccccc6-c6ccccc6)c6ccccc6c(-c6ccccc6-c6ccccc6)c5c4)cc3)n2-c2ccccc2)\C=C/1. The molecule has 288 valence electrons. The number of allylic oxidation sites excluding steroid dienone is 3. The zero-order valence-electron chi connectivity index (χ0n) is 33.7. The van der Waals surface area contributed by atoms with Crippen molar-refractivity contribution in [3.8, 4) is 72.7 Å². The van der Waals surface area contributed by atoms with Gasteiger partial charge in [0.05, 0.1) is 11.4 Å². The topological polar surface area (TPSA) is 17.8 Å². The lowest BCUT2D eigenvalue weighted by atomic mass is 9.81. The van der Waals surface area contributed by atoms with Gasteiger partial charge >= 0.3 is 0 Å². The number of nitrogens with zero attached hydrogens (tertiary/aromatic N) is 2. The molecule has 0 saturated carbocycles. The number of hydrogen-bond acceptors (Lipinski definition) is 1. The fourth-order valence-electron chi connectivity index (χ4n) is 9.33. The van der Waals surface area contributed by atoms with Crippen molar-refractivity contribution in [3.05, 3.63) is 236 Å². The van der Waals surface area contributed by atoms with Crippen LogP contribution in [0.5, 0.6) is 0 Å². The van der Waals surface area contributed by atoms with Gasteiger partial charge in [-0.15, -0.1) is 0 Å². The number of rotatable bonds is 7. The van der Waals surface area contributed by atoms with Crippen molar-refractivity contribution in [3.63, 3.8) is 0 Å². The van der Waals surface area contributed by atoms with Crippen molar-refractivity contribution in [2.45, 2.75) is 12.8 Å². The van der Waals surface area contributed by atoms with Crippen LogP contribution < -0.4 is 0 Å². The molecule has 0 spiro atoms. The molecule has 2 heteroatoms. The average Bonchev–Trinajstić information content (AvgIpc) is 3.68. The van der Waals surface area contributed by atoms with Crippen LogP contribution in [0.2, 0.25) is 0 Å². The smallest absolute Gasteiger partial charge is 0.145 e. The molecule has 0 aliphatic heterocycles. The van der Waals surface area contributed by atoms with E-state index < -0.39 is 0 Å². The van der Waals surface area contributed by atoms with Crippen molar-refractivity contribution >= 4 is 27.6 Å². The predicted octanol–water partition coefficient (Wildman–Crippen LogP) is 15.7. The van der Waals surface area contributed by atoms with Gasteiger partial charge in [0.2, 0.25) is 0 Å². The fourth-order valence-corrected chi connectivity index (χ4v) is 9.33. The maximum Gasteiger partial charge on any atom is 0.145 e. The highest BCUT2D eigenvalue weighted by molar-refractivity contribution is 6.23. The van der Waals surface area contributed by atoms with Crippen LogP contribution in [0.1, 0.15) is 17.8 Å². The standard InChI is InChI=1S/C59H42N2/c1-2-13-33-56-55(32-12-1)60-59(61(56)46-24-10-5-11-25-46)44-36-34-41(35-37-44)45-38-39-53-54(40-45)58(50-29-17-15-27-48(50)43-22-8-4-9-23-43)52-31-19-18-30-51(52)57(53)49-28-16-14-26-47(49)42-20-6-3-7-21-42/h1-12,14-32,34-40H,13,33H2/b2-1-,32-12-. The van der Waals surface area contributed by atoms with Gasteiger partial charge in [-0.05, 0) is 114 Å². The minimum absolute atomic E-state index is 0.926. The van der Waals surface area contributed by atoms with E-state index in [-0.39, 0.29) is 0 Å². The molecule has 0 amide bonds. The summed E-state index contributed by atoms with van der Waals surface area (Å²) < 4.78 is 2.35. The number of para-hydroxylation sites is 1. The fraction of sp³-hybridized carbons (Fsp3) is 0.0339. The van der Waals surface area contributed by atoms with Crippen LogP contribution in [-0.2, 0) is 6.42 Å². The summed E-state index contributed by atoms with van der Waals surface area (Å²) in [4.78, 5) is 5.26. The minimum Gasteiger partial charge on any atom is -0.296 e. The predicted molar refractivity (Wildman–Crippen MR) is 258 cm³/mol. The summed E-state index contributed by atoms with van der Waals surface area (Å²) in [6.07, 6.45) is 10.5. The molecule has 0 unspecified atom stereocenters. The summed E-state index contributed by atoms with van der Waals surface area (Å²) in [6, 6.07) is 75.1. The Morgan fingerprint density at radius 1 is 0.377 bits per heavy atom. The van der Waals surface area contributed by atoms with Crippen LogP contribution >= 0.6 is 0 Å². The summed E-state index contributed by atoms with van der Waals surface area (Å²) in [5, 5.41) is 4.92. The van der Waals surface area contributed by atoms with Gasteiger partial charge in [0.25, 0.3) is 0 Å². The van der Waals surface area contributed by atoms with E-state index in [1.807, 2.05) is 0 Å². The second-order valence-electron chi connectivity index (χ2n) is 15.7. The van der Waals surface area contributed by atoms with E-state index in [9.17, 15) is 0 Å².